The predicted octanol–water partition coefficient (Wildman–Crippen LogP) is 0.550. The van der Waals surface area contributed by atoms with Crippen LogP contribution in [0.1, 0.15) is 26.0 Å². The van der Waals surface area contributed by atoms with E-state index in [0.717, 1.165) is 32.6 Å². The Labute approximate surface area is 119 Å². The van der Waals surface area contributed by atoms with Crippen molar-refractivity contribution < 1.29 is 9.53 Å². The summed E-state index contributed by atoms with van der Waals surface area (Å²) < 4.78 is 5.29. The van der Waals surface area contributed by atoms with Crippen LogP contribution in [0.15, 0.2) is 18.6 Å². The maximum atomic E-state index is 12.5. The Bertz CT molecular complexity index is 432. The number of aromatic nitrogens is 2. The van der Waals surface area contributed by atoms with Crippen molar-refractivity contribution in [2.75, 3.05) is 32.8 Å². The number of rotatable bonds is 4. The van der Waals surface area contributed by atoms with Crippen molar-refractivity contribution in [3.8, 4) is 0 Å². The predicted molar refractivity (Wildman–Crippen MR) is 75.1 cm³/mol. The molecule has 6 heteroatoms. The Morgan fingerprint density at radius 2 is 2.30 bits per heavy atom. The standard InChI is InChI=1S/C14H22N4O2/c1-3-20-13(19)14(2,12-11-16-6-7-17-12)18-9-4-5-15-8-10-18/h6-7,11,15H,3-5,8-10H2,1-2H3. The summed E-state index contributed by atoms with van der Waals surface area (Å²) in [4.78, 5) is 23.1. The molecule has 0 saturated carbocycles. The Hall–Kier alpha value is -1.53. The van der Waals surface area contributed by atoms with E-state index in [1.807, 2.05) is 13.8 Å². The number of carbonyl (C=O) groups excluding carboxylic acids is 1. The van der Waals surface area contributed by atoms with Gasteiger partial charge in [0.05, 0.1) is 18.5 Å². The molecule has 1 aromatic rings. The van der Waals surface area contributed by atoms with E-state index in [4.69, 9.17) is 4.74 Å². The van der Waals surface area contributed by atoms with E-state index >= 15 is 0 Å². The van der Waals surface area contributed by atoms with E-state index in [0.29, 0.717) is 12.3 Å². The van der Waals surface area contributed by atoms with Crippen molar-refractivity contribution >= 4 is 5.97 Å². The number of nitrogens with zero attached hydrogens (tertiary/aromatic N) is 3. The van der Waals surface area contributed by atoms with Crippen LogP contribution < -0.4 is 5.32 Å². The van der Waals surface area contributed by atoms with Crippen LogP contribution >= 0.6 is 0 Å². The highest BCUT2D eigenvalue weighted by Gasteiger charge is 2.44. The van der Waals surface area contributed by atoms with Crippen LogP contribution in [0.4, 0.5) is 0 Å². The average molecular weight is 278 g/mol. The first kappa shape index (κ1) is 14.9. The fourth-order valence-electron chi connectivity index (χ4n) is 2.51. The fraction of sp³-hybridized carbons (Fsp3) is 0.643. The second kappa shape index (κ2) is 6.76. The van der Waals surface area contributed by atoms with Crippen LogP contribution in [0.3, 0.4) is 0 Å². The molecule has 0 aliphatic carbocycles. The zero-order chi connectivity index (χ0) is 14.4. The van der Waals surface area contributed by atoms with E-state index in [9.17, 15) is 4.79 Å². The van der Waals surface area contributed by atoms with Gasteiger partial charge in [-0.2, -0.15) is 0 Å². The summed E-state index contributed by atoms with van der Waals surface area (Å²) in [6.07, 6.45) is 5.87. The molecule has 1 aliphatic heterocycles. The molecule has 20 heavy (non-hydrogen) atoms. The van der Waals surface area contributed by atoms with Gasteiger partial charge in [-0.15, -0.1) is 0 Å². The third kappa shape index (κ3) is 2.96. The Balaban J connectivity index is 2.34. The van der Waals surface area contributed by atoms with E-state index in [1.54, 1.807) is 18.6 Å². The van der Waals surface area contributed by atoms with Gasteiger partial charge in [-0.05, 0) is 26.8 Å². The van der Waals surface area contributed by atoms with Crippen LogP contribution in [0.25, 0.3) is 0 Å². The number of hydrogen-bond donors (Lipinski definition) is 1. The number of esters is 1. The van der Waals surface area contributed by atoms with Crippen LogP contribution in [-0.2, 0) is 15.1 Å². The molecule has 110 valence electrons. The van der Waals surface area contributed by atoms with Gasteiger partial charge in [-0.1, -0.05) is 0 Å². The maximum Gasteiger partial charge on any atom is 0.332 e. The summed E-state index contributed by atoms with van der Waals surface area (Å²) in [7, 11) is 0. The van der Waals surface area contributed by atoms with Gasteiger partial charge >= 0.3 is 5.97 Å². The van der Waals surface area contributed by atoms with E-state index < -0.39 is 5.54 Å². The first-order valence-corrected chi connectivity index (χ1v) is 7.09. The second-order valence-corrected chi connectivity index (χ2v) is 4.97. The smallest absolute Gasteiger partial charge is 0.332 e. The highest BCUT2D eigenvalue weighted by Crippen LogP contribution is 2.28. The Morgan fingerprint density at radius 1 is 1.45 bits per heavy atom. The second-order valence-electron chi connectivity index (χ2n) is 4.97. The number of hydrogen-bond acceptors (Lipinski definition) is 6. The van der Waals surface area contributed by atoms with Gasteiger partial charge in [0.25, 0.3) is 0 Å². The molecule has 0 bridgehead atoms. The summed E-state index contributed by atoms with van der Waals surface area (Å²) in [5.74, 6) is -0.262. The Morgan fingerprint density at radius 3 is 3.00 bits per heavy atom. The van der Waals surface area contributed by atoms with Crippen molar-refractivity contribution in [2.45, 2.75) is 25.8 Å². The monoisotopic (exact) mass is 278 g/mol. The molecule has 2 heterocycles. The van der Waals surface area contributed by atoms with Gasteiger partial charge in [0, 0.05) is 32.0 Å². The van der Waals surface area contributed by atoms with Crippen LogP contribution in [0, 0.1) is 0 Å². The Kier molecular flexibility index (Phi) is 5.03. The van der Waals surface area contributed by atoms with E-state index in [2.05, 4.69) is 20.2 Å². The molecule has 6 nitrogen and oxygen atoms in total. The summed E-state index contributed by atoms with van der Waals surface area (Å²) in [6, 6.07) is 0. The topological polar surface area (TPSA) is 67.3 Å². The third-order valence-corrected chi connectivity index (χ3v) is 3.71. The lowest BCUT2D eigenvalue weighted by Gasteiger charge is -2.37. The van der Waals surface area contributed by atoms with Gasteiger partial charge in [-0.25, -0.2) is 4.79 Å². The van der Waals surface area contributed by atoms with Crippen LogP contribution in [0.2, 0.25) is 0 Å². The highest BCUT2D eigenvalue weighted by molar-refractivity contribution is 5.81. The lowest BCUT2D eigenvalue weighted by molar-refractivity contribution is -0.158. The summed E-state index contributed by atoms with van der Waals surface area (Å²) in [5, 5.41) is 3.34. The lowest BCUT2D eigenvalue weighted by Crippen LogP contribution is -2.52. The highest BCUT2D eigenvalue weighted by atomic mass is 16.5. The number of ether oxygens (including phenoxy) is 1. The molecule has 1 saturated heterocycles. The normalized spacial score (nSPS) is 19.9. The van der Waals surface area contributed by atoms with Crippen LogP contribution in [-0.4, -0.2) is 53.6 Å². The molecular formula is C14H22N4O2. The summed E-state index contributed by atoms with van der Waals surface area (Å²) >= 11 is 0. The SMILES string of the molecule is CCOC(=O)C(C)(c1cnccn1)N1CCCNCC1. The largest absolute Gasteiger partial charge is 0.464 e. The number of nitrogens with one attached hydrogen (secondary N) is 1. The van der Waals surface area contributed by atoms with Gasteiger partial charge in [0.15, 0.2) is 5.54 Å². The van der Waals surface area contributed by atoms with Crippen molar-refractivity contribution in [1.29, 1.82) is 0 Å². The number of carbonyl (C=O) groups is 1. The summed E-state index contributed by atoms with van der Waals surface area (Å²) in [6.45, 7) is 7.50. The summed E-state index contributed by atoms with van der Waals surface area (Å²) in [5.41, 5.74) is -0.239. The van der Waals surface area contributed by atoms with Crippen LogP contribution in [0.5, 0.6) is 0 Å². The molecule has 1 aromatic heterocycles. The minimum atomic E-state index is -0.879. The molecular weight excluding hydrogens is 256 g/mol. The fourth-order valence-corrected chi connectivity index (χ4v) is 2.51. The van der Waals surface area contributed by atoms with Gasteiger partial charge in [0.1, 0.15) is 0 Å². The molecule has 1 unspecified atom stereocenters. The molecule has 0 spiro atoms. The lowest BCUT2D eigenvalue weighted by atomic mass is 9.95. The van der Waals surface area contributed by atoms with Crippen molar-refractivity contribution in [3.63, 3.8) is 0 Å². The van der Waals surface area contributed by atoms with Gasteiger partial charge < -0.3 is 10.1 Å². The minimum absolute atomic E-state index is 0.262. The average Bonchev–Trinajstić information content (AvgIpc) is 2.77. The van der Waals surface area contributed by atoms with E-state index in [1.165, 1.54) is 0 Å². The minimum Gasteiger partial charge on any atom is -0.464 e. The van der Waals surface area contributed by atoms with Crippen molar-refractivity contribution in [3.05, 3.63) is 24.3 Å². The maximum absolute atomic E-state index is 12.5. The van der Waals surface area contributed by atoms with E-state index in [-0.39, 0.29) is 5.97 Å². The quantitative estimate of drug-likeness (QED) is 0.811. The molecule has 0 aromatic carbocycles. The zero-order valence-electron chi connectivity index (χ0n) is 12.1. The van der Waals surface area contributed by atoms with Gasteiger partial charge in [-0.3, -0.25) is 14.9 Å². The first-order valence-electron chi connectivity index (χ1n) is 7.09. The molecule has 1 N–H and O–H groups in total. The molecule has 1 aliphatic rings. The third-order valence-electron chi connectivity index (χ3n) is 3.71. The molecule has 2 rings (SSSR count). The zero-order valence-corrected chi connectivity index (χ0v) is 12.1. The molecule has 0 radical (unpaired) electrons. The first-order chi connectivity index (χ1) is 9.69. The molecule has 0 amide bonds. The molecule has 1 fully saturated rings. The van der Waals surface area contributed by atoms with Crippen molar-refractivity contribution in [2.24, 2.45) is 0 Å². The van der Waals surface area contributed by atoms with Crippen molar-refractivity contribution in [1.82, 2.24) is 20.2 Å². The molecule has 1 atom stereocenters. The van der Waals surface area contributed by atoms with Gasteiger partial charge in [0.2, 0.25) is 0 Å².